The first-order chi connectivity index (χ1) is 9.56. The summed E-state index contributed by atoms with van der Waals surface area (Å²) in [7, 11) is 3.68. The first-order valence-electron chi connectivity index (χ1n) is 6.81. The number of ether oxygens (including phenoxy) is 1. The van der Waals surface area contributed by atoms with Crippen LogP contribution in [0.25, 0.3) is 0 Å². The Kier molecular flexibility index (Phi) is 4.40. The fourth-order valence-corrected chi connectivity index (χ4v) is 2.61. The molecule has 0 aliphatic carbocycles. The highest BCUT2D eigenvalue weighted by molar-refractivity contribution is 5.48. The average molecular weight is 270 g/mol. The molecule has 0 aliphatic rings. The molecule has 2 rings (SSSR count). The number of hydrogen-bond donors (Lipinski definition) is 1. The van der Waals surface area contributed by atoms with Gasteiger partial charge in [-0.25, -0.2) is 0 Å². The number of pyridine rings is 1. The molecule has 3 nitrogen and oxygen atoms in total. The monoisotopic (exact) mass is 270 g/mol. The molecule has 1 aromatic heterocycles. The lowest BCUT2D eigenvalue weighted by Crippen LogP contribution is -2.20. The van der Waals surface area contributed by atoms with Gasteiger partial charge in [-0.15, -0.1) is 0 Å². The van der Waals surface area contributed by atoms with E-state index in [1.54, 1.807) is 7.11 Å². The summed E-state index contributed by atoms with van der Waals surface area (Å²) in [5, 5.41) is 3.37. The van der Waals surface area contributed by atoms with Crippen LogP contribution in [0.4, 0.5) is 0 Å². The van der Waals surface area contributed by atoms with Crippen LogP contribution in [0.1, 0.15) is 34.0 Å². The Bertz CT molecular complexity index is 591. The van der Waals surface area contributed by atoms with Gasteiger partial charge in [0.15, 0.2) is 0 Å². The Morgan fingerprint density at radius 1 is 1.15 bits per heavy atom. The largest absolute Gasteiger partial charge is 0.496 e. The zero-order valence-corrected chi connectivity index (χ0v) is 12.8. The lowest BCUT2D eigenvalue weighted by Gasteiger charge is -2.22. The molecule has 0 saturated heterocycles. The summed E-state index contributed by atoms with van der Waals surface area (Å²) < 4.78 is 5.57. The zero-order valence-electron chi connectivity index (χ0n) is 12.8. The fraction of sp³-hybridized carbons (Fsp3) is 0.353. The lowest BCUT2D eigenvalue weighted by molar-refractivity contribution is 0.404. The number of rotatable bonds is 4. The summed E-state index contributed by atoms with van der Waals surface area (Å²) >= 11 is 0. The second-order valence-corrected chi connectivity index (χ2v) is 5.15. The van der Waals surface area contributed by atoms with Crippen molar-refractivity contribution in [1.82, 2.24) is 10.3 Å². The Hall–Kier alpha value is -1.87. The topological polar surface area (TPSA) is 34.2 Å². The van der Waals surface area contributed by atoms with Gasteiger partial charge in [0, 0.05) is 17.5 Å². The molecular weight excluding hydrogens is 248 g/mol. The van der Waals surface area contributed by atoms with E-state index in [1.807, 2.05) is 26.2 Å². The van der Waals surface area contributed by atoms with Gasteiger partial charge in [-0.05, 0) is 56.6 Å². The summed E-state index contributed by atoms with van der Waals surface area (Å²) in [5.74, 6) is 0.919. The summed E-state index contributed by atoms with van der Waals surface area (Å²) in [4.78, 5) is 4.40. The Morgan fingerprint density at radius 2 is 1.90 bits per heavy atom. The minimum atomic E-state index is 0.0821. The first-order valence-corrected chi connectivity index (χ1v) is 6.81. The maximum atomic E-state index is 5.57. The predicted molar refractivity (Wildman–Crippen MR) is 82.3 cm³/mol. The second-order valence-electron chi connectivity index (χ2n) is 5.15. The van der Waals surface area contributed by atoms with Crippen molar-refractivity contribution in [2.45, 2.75) is 26.8 Å². The number of hydrogen-bond acceptors (Lipinski definition) is 3. The SMILES string of the molecule is CNC(c1ccc(C)nc1)c1c(C)cc(C)cc1OC. The number of aromatic nitrogens is 1. The molecule has 0 aliphatic heterocycles. The standard InChI is InChI=1S/C17H22N2O/c1-11-8-12(2)16(15(9-11)20-5)17(18-4)14-7-6-13(3)19-10-14/h6-10,17-18H,1-5H3. The van der Waals surface area contributed by atoms with Crippen molar-refractivity contribution in [2.75, 3.05) is 14.2 Å². The molecule has 0 bridgehead atoms. The minimum Gasteiger partial charge on any atom is -0.496 e. The van der Waals surface area contributed by atoms with Gasteiger partial charge in [0.2, 0.25) is 0 Å². The summed E-state index contributed by atoms with van der Waals surface area (Å²) in [6.45, 7) is 6.20. The molecule has 0 spiro atoms. The second kappa shape index (κ2) is 6.06. The van der Waals surface area contributed by atoms with Crippen LogP contribution in [-0.4, -0.2) is 19.1 Å². The lowest BCUT2D eigenvalue weighted by atomic mass is 9.93. The third-order valence-corrected chi connectivity index (χ3v) is 3.56. The van der Waals surface area contributed by atoms with Crippen molar-refractivity contribution >= 4 is 0 Å². The summed E-state index contributed by atoms with van der Waals surface area (Å²) in [6.07, 6.45) is 1.93. The number of nitrogens with zero attached hydrogens (tertiary/aromatic N) is 1. The van der Waals surface area contributed by atoms with Gasteiger partial charge >= 0.3 is 0 Å². The molecule has 3 heteroatoms. The first kappa shape index (κ1) is 14.5. The van der Waals surface area contributed by atoms with Gasteiger partial charge in [0.25, 0.3) is 0 Å². The van der Waals surface area contributed by atoms with Crippen LogP contribution in [-0.2, 0) is 0 Å². The van der Waals surface area contributed by atoms with Gasteiger partial charge in [-0.3, -0.25) is 4.98 Å². The van der Waals surface area contributed by atoms with Crippen LogP contribution in [0.2, 0.25) is 0 Å². The number of aryl methyl sites for hydroxylation is 3. The Balaban J connectivity index is 2.54. The number of methoxy groups -OCH3 is 1. The van der Waals surface area contributed by atoms with E-state index in [-0.39, 0.29) is 6.04 Å². The molecule has 20 heavy (non-hydrogen) atoms. The molecule has 1 atom stereocenters. The van der Waals surface area contributed by atoms with Crippen LogP contribution in [0, 0.1) is 20.8 Å². The van der Waals surface area contributed by atoms with Crippen molar-refractivity contribution in [2.24, 2.45) is 0 Å². The van der Waals surface area contributed by atoms with Crippen LogP contribution in [0.15, 0.2) is 30.5 Å². The predicted octanol–water partition coefficient (Wildman–Crippen LogP) is 3.32. The van der Waals surface area contributed by atoms with Crippen molar-refractivity contribution in [3.8, 4) is 5.75 Å². The molecule has 1 aromatic carbocycles. The molecular formula is C17H22N2O. The highest BCUT2D eigenvalue weighted by Gasteiger charge is 2.19. The van der Waals surface area contributed by atoms with Crippen molar-refractivity contribution < 1.29 is 4.74 Å². The highest BCUT2D eigenvalue weighted by Crippen LogP contribution is 2.33. The van der Waals surface area contributed by atoms with Gasteiger partial charge in [0.1, 0.15) is 5.75 Å². The van der Waals surface area contributed by atoms with E-state index in [0.717, 1.165) is 17.0 Å². The zero-order chi connectivity index (χ0) is 14.7. The van der Waals surface area contributed by atoms with E-state index in [9.17, 15) is 0 Å². The molecule has 0 radical (unpaired) electrons. The number of nitrogens with one attached hydrogen (secondary N) is 1. The summed E-state index contributed by atoms with van der Waals surface area (Å²) in [5.41, 5.74) is 5.77. The van der Waals surface area contributed by atoms with Crippen LogP contribution in [0.3, 0.4) is 0 Å². The third-order valence-electron chi connectivity index (χ3n) is 3.56. The van der Waals surface area contributed by atoms with Gasteiger partial charge in [0.05, 0.1) is 13.2 Å². The fourth-order valence-electron chi connectivity index (χ4n) is 2.61. The average Bonchev–Trinajstić information content (AvgIpc) is 2.43. The quantitative estimate of drug-likeness (QED) is 0.925. The molecule has 106 valence electrons. The highest BCUT2D eigenvalue weighted by atomic mass is 16.5. The van der Waals surface area contributed by atoms with E-state index in [0.29, 0.717) is 0 Å². The van der Waals surface area contributed by atoms with Crippen molar-refractivity contribution in [1.29, 1.82) is 0 Å². The van der Waals surface area contributed by atoms with Gasteiger partial charge in [-0.2, -0.15) is 0 Å². The van der Waals surface area contributed by atoms with E-state index in [4.69, 9.17) is 4.74 Å². The molecule has 1 heterocycles. The van der Waals surface area contributed by atoms with Crippen molar-refractivity contribution in [3.05, 3.63) is 58.4 Å². The number of benzene rings is 1. The van der Waals surface area contributed by atoms with E-state index >= 15 is 0 Å². The molecule has 2 aromatic rings. The molecule has 1 unspecified atom stereocenters. The van der Waals surface area contributed by atoms with E-state index in [2.05, 4.69) is 42.3 Å². The minimum absolute atomic E-state index is 0.0821. The van der Waals surface area contributed by atoms with Crippen LogP contribution in [0.5, 0.6) is 5.75 Å². The molecule has 0 saturated carbocycles. The molecule has 1 N–H and O–H groups in total. The molecule has 0 fully saturated rings. The summed E-state index contributed by atoms with van der Waals surface area (Å²) in [6, 6.07) is 8.49. The Morgan fingerprint density at radius 3 is 2.45 bits per heavy atom. The smallest absolute Gasteiger partial charge is 0.124 e. The van der Waals surface area contributed by atoms with Gasteiger partial charge in [-0.1, -0.05) is 12.1 Å². The van der Waals surface area contributed by atoms with Crippen LogP contribution >= 0.6 is 0 Å². The van der Waals surface area contributed by atoms with E-state index in [1.165, 1.54) is 16.7 Å². The van der Waals surface area contributed by atoms with E-state index < -0.39 is 0 Å². The van der Waals surface area contributed by atoms with Crippen LogP contribution < -0.4 is 10.1 Å². The molecule has 0 amide bonds. The maximum Gasteiger partial charge on any atom is 0.124 e. The Labute approximate surface area is 121 Å². The third kappa shape index (κ3) is 2.83. The maximum absolute atomic E-state index is 5.57. The van der Waals surface area contributed by atoms with Crippen molar-refractivity contribution in [3.63, 3.8) is 0 Å². The van der Waals surface area contributed by atoms with Gasteiger partial charge < -0.3 is 10.1 Å². The normalized spacial score (nSPS) is 12.2.